The maximum atomic E-state index is 11.4. The number of nitrogens with one attached hydrogen (secondary N) is 2. The second-order valence-electron chi connectivity index (χ2n) is 3.73. The molecule has 0 aromatic carbocycles. The number of amides is 2. The zero-order valence-corrected chi connectivity index (χ0v) is 10.7. The fourth-order valence-electron chi connectivity index (χ4n) is 1.59. The van der Waals surface area contributed by atoms with Crippen LogP contribution in [0.1, 0.15) is 5.69 Å². The predicted octanol–water partition coefficient (Wildman–Crippen LogP) is 2.30. The van der Waals surface area contributed by atoms with Gasteiger partial charge in [-0.15, -0.1) is 11.6 Å². The number of hydrogen-bond donors (Lipinski definition) is 2. The molecular formula is C12H13ClN4O. The minimum atomic E-state index is -0.312. The van der Waals surface area contributed by atoms with Crippen LogP contribution in [0.25, 0.3) is 10.9 Å². The van der Waals surface area contributed by atoms with Gasteiger partial charge >= 0.3 is 6.03 Å². The fourth-order valence-corrected chi connectivity index (χ4v) is 1.68. The molecule has 0 bridgehead atoms. The number of carbonyl (C=O) groups excluding carboxylic acids is 1. The van der Waals surface area contributed by atoms with Crippen molar-refractivity contribution in [2.45, 2.75) is 6.92 Å². The summed E-state index contributed by atoms with van der Waals surface area (Å²) in [6.45, 7) is 2.34. The number of anilines is 1. The van der Waals surface area contributed by atoms with Crippen molar-refractivity contribution in [3.8, 4) is 0 Å². The SMILES string of the molecule is Cc1nccc2nc(NC(=O)NCCCl)ccc12. The summed E-state index contributed by atoms with van der Waals surface area (Å²) in [5.41, 5.74) is 1.72. The zero-order valence-electron chi connectivity index (χ0n) is 9.90. The van der Waals surface area contributed by atoms with Crippen molar-refractivity contribution < 1.29 is 4.79 Å². The van der Waals surface area contributed by atoms with Crippen molar-refractivity contribution in [3.05, 3.63) is 30.1 Å². The van der Waals surface area contributed by atoms with Crippen LogP contribution in [-0.2, 0) is 0 Å². The first-order valence-corrected chi connectivity index (χ1v) is 6.07. The Morgan fingerprint density at radius 2 is 2.22 bits per heavy atom. The van der Waals surface area contributed by atoms with E-state index in [9.17, 15) is 4.79 Å². The number of rotatable bonds is 3. The van der Waals surface area contributed by atoms with Gasteiger partial charge in [-0.2, -0.15) is 0 Å². The molecule has 6 heteroatoms. The van der Waals surface area contributed by atoms with E-state index in [1.54, 1.807) is 12.3 Å². The normalized spacial score (nSPS) is 10.3. The lowest BCUT2D eigenvalue weighted by Gasteiger charge is -2.07. The molecule has 2 aromatic heterocycles. The predicted molar refractivity (Wildman–Crippen MR) is 72.0 cm³/mol. The Hall–Kier alpha value is -1.88. The summed E-state index contributed by atoms with van der Waals surface area (Å²) in [6, 6.07) is 5.14. The van der Waals surface area contributed by atoms with Crippen molar-refractivity contribution in [2.75, 3.05) is 17.7 Å². The largest absolute Gasteiger partial charge is 0.337 e. The van der Waals surface area contributed by atoms with Gasteiger partial charge in [0, 0.05) is 29.7 Å². The zero-order chi connectivity index (χ0) is 13.0. The molecule has 0 aliphatic rings. The van der Waals surface area contributed by atoms with E-state index in [4.69, 9.17) is 11.6 Å². The Labute approximate surface area is 110 Å². The molecule has 94 valence electrons. The number of halogens is 1. The highest BCUT2D eigenvalue weighted by molar-refractivity contribution is 6.18. The van der Waals surface area contributed by atoms with E-state index in [-0.39, 0.29) is 6.03 Å². The molecule has 2 heterocycles. The standard InChI is InChI=1S/C12H13ClN4O/c1-8-9-2-3-11(16-10(9)4-6-14-8)17-12(18)15-7-5-13/h2-4,6H,5,7H2,1H3,(H2,15,16,17,18). The Balaban J connectivity index is 2.18. The Bertz CT molecular complexity index is 573. The van der Waals surface area contributed by atoms with Gasteiger partial charge in [0.2, 0.25) is 0 Å². The van der Waals surface area contributed by atoms with Gasteiger partial charge in [-0.1, -0.05) is 0 Å². The van der Waals surface area contributed by atoms with E-state index in [1.165, 1.54) is 0 Å². The van der Waals surface area contributed by atoms with Crippen LogP contribution in [0.15, 0.2) is 24.4 Å². The van der Waals surface area contributed by atoms with E-state index in [0.29, 0.717) is 18.2 Å². The van der Waals surface area contributed by atoms with E-state index in [2.05, 4.69) is 20.6 Å². The number of pyridine rings is 2. The minimum absolute atomic E-state index is 0.312. The van der Waals surface area contributed by atoms with Gasteiger partial charge in [0.1, 0.15) is 5.82 Å². The highest BCUT2D eigenvalue weighted by Crippen LogP contribution is 2.16. The van der Waals surface area contributed by atoms with Crippen LogP contribution in [0, 0.1) is 6.92 Å². The fraction of sp³-hybridized carbons (Fsp3) is 0.250. The highest BCUT2D eigenvalue weighted by atomic mass is 35.5. The molecule has 2 amide bonds. The molecule has 0 saturated heterocycles. The molecular weight excluding hydrogens is 252 g/mol. The first-order valence-electron chi connectivity index (χ1n) is 5.54. The summed E-state index contributed by atoms with van der Waals surface area (Å²) < 4.78 is 0. The lowest BCUT2D eigenvalue weighted by Crippen LogP contribution is -2.30. The second-order valence-corrected chi connectivity index (χ2v) is 4.11. The van der Waals surface area contributed by atoms with E-state index in [0.717, 1.165) is 16.6 Å². The maximum Gasteiger partial charge on any atom is 0.320 e. The van der Waals surface area contributed by atoms with E-state index in [1.807, 2.05) is 19.1 Å². The number of aryl methyl sites for hydroxylation is 1. The van der Waals surface area contributed by atoms with Gasteiger partial charge < -0.3 is 5.32 Å². The number of nitrogens with zero attached hydrogens (tertiary/aromatic N) is 2. The van der Waals surface area contributed by atoms with E-state index < -0.39 is 0 Å². The monoisotopic (exact) mass is 264 g/mol. The number of aromatic nitrogens is 2. The van der Waals surface area contributed by atoms with Crippen LogP contribution in [0.3, 0.4) is 0 Å². The smallest absolute Gasteiger partial charge is 0.320 e. The van der Waals surface area contributed by atoms with Crippen LogP contribution in [0.2, 0.25) is 0 Å². The van der Waals surface area contributed by atoms with Crippen molar-refractivity contribution in [2.24, 2.45) is 0 Å². The number of hydrogen-bond acceptors (Lipinski definition) is 3. The van der Waals surface area contributed by atoms with Crippen molar-refractivity contribution >= 4 is 34.4 Å². The van der Waals surface area contributed by atoms with E-state index >= 15 is 0 Å². The van der Waals surface area contributed by atoms with Crippen LogP contribution < -0.4 is 10.6 Å². The Kier molecular flexibility index (Phi) is 3.94. The molecule has 0 aliphatic heterocycles. The van der Waals surface area contributed by atoms with Gasteiger partial charge in [0.15, 0.2) is 0 Å². The van der Waals surface area contributed by atoms with Gasteiger partial charge in [0.05, 0.1) is 5.52 Å². The molecule has 0 aliphatic carbocycles. The van der Waals surface area contributed by atoms with Crippen LogP contribution >= 0.6 is 11.6 Å². The lowest BCUT2D eigenvalue weighted by molar-refractivity contribution is 0.252. The maximum absolute atomic E-state index is 11.4. The minimum Gasteiger partial charge on any atom is -0.337 e. The molecule has 0 unspecified atom stereocenters. The Morgan fingerprint density at radius 3 is 3.00 bits per heavy atom. The van der Waals surface area contributed by atoms with Crippen LogP contribution in [0.4, 0.5) is 10.6 Å². The lowest BCUT2D eigenvalue weighted by atomic mass is 10.2. The molecule has 2 aromatic rings. The molecule has 2 rings (SSSR count). The third kappa shape index (κ3) is 2.87. The number of fused-ring (bicyclic) bond motifs is 1. The van der Waals surface area contributed by atoms with Gasteiger partial charge in [-0.25, -0.2) is 9.78 Å². The quantitative estimate of drug-likeness (QED) is 0.836. The summed E-state index contributed by atoms with van der Waals surface area (Å²) in [5.74, 6) is 0.879. The number of carbonyl (C=O) groups is 1. The third-order valence-corrected chi connectivity index (χ3v) is 2.63. The van der Waals surface area contributed by atoms with Crippen molar-refractivity contribution in [3.63, 3.8) is 0 Å². The number of alkyl halides is 1. The van der Waals surface area contributed by atoms with Gasteiger partial charge in [-0.3, -0.25) is 10.3 Å². The topological polar surface area (TPSA) is 66.9 Å². The van der Waals surface area contributed by atoms with Crippen LogP contribution in [-0.4, -0.2) is 28.4 Å². The summed E-state index contributed by atoms with van der Waals surface area (Å²) in [6.07, 6.45) is 1.70. The molecule has 0 spiro atoms. The highest BCUT2D eigenvalue weighted by Gasteiger charge is 2.04. The molecule has 0 saturated carbocycles. The summed E-state index contributed by atoms with van der Waals surface area (Å²) in [4.78, 5) is 20.0. The average Bonchev–Trinajstić information content (AvgIpc) is 2.36. The molecule has 5 nitrogen and oxygen atoms in total. The average molecular weight is 265 g/mol. The molecule has 0 radical (unpaired) electrons. The summed E-state index contributed by atoms with van der Waals surface area (Å²) in [5, 5.41) is 6.23. The summed E-state index contributed by atoms with van der Waals surface area (Å²) >= 11 is 5.48. The molecule has 0 atom stereocenters. The van der Waals surface area contributed by atoms with Crippen LogP contribution in [0.5, 0.6) is 0 Å². The van der Waals surface area contributed by atoms with Crippen molar-refractivity contribution in [1.29, 1.82) is 0 Å². The molecule has 2 N–H and O–H groups in total. The second kappa shape index (κ2) is 5.64. The van der Waals surface area contributed by atoms with Gasteiger partial charge in [-0.05, 0) is 25.1 Å². The van der Waals surface area contributed by atoms with Crippen molar-refractivity contribution in [1.82, 2.24) is 15.3 Å². The van der Waals surface area contributed by atoms with Gasteiger partial charge in [0.25, 0.3) is 0 Å². The first kappa shape index (κ1) is 12.6. The molecule has 0 fully saturated rings. The summed E-state index contributed by atoms with van der Waals surface area (Å²) in [7, 11) is 0. The third-order valence-electron chi connectivity index (χ3n) is 2.44. The Morgan fingerprint density at radius 1 is 1.39 bits per heavy atom. The first-order chi connectivity index (χ1) is 8.70. The molecule has 18 heavy (non-hydrogen) atoms. The number of urea groups is 1.